The molecule has 0 unspecified atom stereocenters. The van der Waals surface area contributed by atoms with Crippen LogP contribution in [0.3, 0.4) is 0 Å². The Morgan fingerprint density at radius 1 is 1.10 bits per heavy atom. The molecule has 1 heterocycles. The number of benzene rings is 1. The normalized spacial score (nSPS) is 9.65. The first-order chi connectivity index (χ1) is 9.06. The molecule has 0 radical (unpaired) electrons. The van der Waals surface area contributed by atoms with Gasteiger partial charge in [-0.15, -0.1) is 0 Å². The van der Waals surface area contributed by atoms with Crippen LogP contribution in [0.25, 0.3) is 0 Å². The van der Waals surface area contributed by atoms with Crippen molar-refractivity contribution in [3.63, 3.8) is 0 Å². The SMILES string of the molecule is Cc1ccc(C(=O)C[n+]2cccc(C(=O)O)c2)cc1.[Br-]. The van der Waals surface area contributed by atoms with E-state index in [-0.39, 0.29) is 34.9 Å². The van der Waals surface area contributed by atoms with Gasteiger partial charge in [0, 0.05) is 11.6 Å². The molecule has 0 aliphatic rings. The Kier molecular flexibility index (Phi) is 5.58. The number of carbonyl (C=O) groups excluding carboxylic acids is 1. The summed E-state index contributed by atoms with van der Waals surface area (Å²) in [7, 11) is 0. The molecule has 1 aromatic carbocycles. The molecule has 5 heteroatoms. The van der Waals surface area contributed by atoms with Gasteiger partial charge in [-0.3, -0.25) is 4.79 Å². The van der Waals surface area contributed by atoms with Crippen LogP contribution < -0.4 is 21.5 Å². The molecule has 0 aliphatic carbocycles. The second kappa shape index (κ2) is 6.96. The third-order valence-electron chi connectivity index (χ3n) is 2.80. The minimum Gasteiger partial charge on any atom is -1.00 e. The number of aromatic nitrogens is 1. The summed E-state index contributed by atoms with van der Waals surface area (Å²) in [5.74, 6) is -1.05. The lowest BCUT2D eigenvalue weighted by Gasteiger charge is -2.00. The Hall–Kier alpha value is -2.01. The van der Waals surface area contributed by atoms with E-state index in [1.165, 1.54) is 12.3 Å². The van der Waals surface area contributed by atoms with Gasteiger partial charge in [0.1, 0.15) is 5.56 Å². The van der Waals surface area contributed by atoms with Gasteiger partial charge in [-0.05, 0) is 13.0 Å². The number of carboxylic acid groups (broad SMARTS) is 1. The third-order valence-corrected chi connectivity index (χ3v) is 2.80. The minimum absolute atomic E-state index is 0. The second-order valence-corrected chi connectivity index (χ2v) is 4.36. The number of rotatable bonds is 4. The fraction of sp³-hybridized carbons (Fsp3) is 0.133. The van der Waals surface area contributed by atoms with Crippen molar-refractivity contribution in [2.75, 3.05) is 0 Å². The largest absolute Gasteiger partial charge is 1.00 e. The molecule has 4 nitrogen and oxygen atoms in total. The van der Waals surface area contributed by atoms with Crippen molar-refractivity contribution in [1.29, 1.82) is 0 Å². The number of ketones is 1. The molecule has 0 amide bonds. The Morgan fingerprint density at radius 2 is 1.75 bits per heavy atom. The van der Waals surface area contributed by atoms with Crippen LogP contribution in [0.15, 0.2) is 48.8 Å². The molecule has 0 aliphatic heterocycles. The van der Waals surface area contributed by atoms with E-state index in [1.54, 1.807) is 29.0 Å². The predicted octanol–water partition coefficient (Wildman–Crippen LogP) is -1.13. The molecule has 20 heavy (non-hydrogen) atoms. The summed E-state index contributed by atoms with van der Waals surface area (Å²) in [5, 5.41) is 8.89. The maximum Gasteiger partial charge on any atom is 0.341 e. The number of carbonyl (C=O) groups is 2. The molecule has 2 aromatic rings. The van der Waals surface area contributed by atoms with Crippen molar-refractivity contribution in [2.45, 2.75) is 13.5 Å². The highest BCUT2D eigenvalue weighted by atomic mass is 79.9. The Labute approximate surface area is 127 Å². The number of aromatic carboxylic acids is 1. The van der Waals surface area contributed by atoms with E-state index in [0.29, 0.717) is 5.56 Å². The van der Waals surface area contributed by atoms with Gasteiger partial charge in [0.25, 0.3) is 0 Å². The fourth-order valence-electron chi connectivity index (χ4n) is 1.74. The number of halogens is 1. The van der Waals surface area contributed by atoms with E-state index in [4.69, 9.17) is 5.11 Å². The molecule has 0 bridgehead atoms. The molecule has 0 atom stereocenters. The van der Waals surface area contributed by atoms with E-state index in [2.05, 4.69) is 0 Å². The first-order valence-corrected chi connectivity index (χ1v) is 5.88. The lowest BCUT2D eigenvalue weighted by molar-refractivity contribution is -0.683. The number of nitrogens with zero attached hydrogens (tertiary/aromatic N) is 1. The van der Waals surface area contributed by atoms with Crippen LogP contribution in [-0.4, -0.2) is 16.9 Å². The van der Waals surface area contributed by atoms with Gasteiger partial charge < -0.3 is 22.1 Å². The molecule has 0 spiro atoms. The molecular weight excluding hydrogens is 322 g/mol. The molecule has 0 saturated heterocycles. The quantitative estimate of drug-likeness (QED) is 0.568. The average Bonchev–Trinajstić information content (AvgIpc) is 2.39. The summed E-state index contributed by atoms with van der Waals surface area (Å²) in [5.41, 5.74) is 1.88. The number of Topliss-reactive ketones (excluding diaryl/α,β-unsaturated/α-hetero) is 1. The summed E-state index contributed by atoms with van der Waals surface area (Å²) in [4.78, 5) is 22.9. The molecule has 0 fully saturated rings. The minimum atomic E-state index is -1.00. The molecule has 0 saturated carbocycles. The van der Waals surface area contributed by atoms with Crippen LogP contribution in [0, 0.1) is 6.92 Å². The summed E-state index contributed by atoms with van der Waals surface area (Å²) in [6, 6.07) is 10.4. The van der Waals surface area contributed by atoms with Crippen molar-refractivity contribution >= 4 is 11.8 Å². The Balaban J connectivity index is 0.00000200. The molecule has 1 N–H and O–H groups in total. The molecule has 1 aromatic heterocycles. The highest BCUT2D eigenvalue weighted by Gasteiger charge is 2.14. The summed E-state index contributed by atoms with van der Waals surface area (Å²) in [6.45, 7) is 2.09. The van der Waals surface area contributed by atoms with Crippen molar-refractivity contribution in [2.24, 2.45) is 0 Å². The second-order valence-electron chi connectivity index (χ2n) is 4.36. The van der Waals surface area contributed by atoms with Gasteiger partial charge >= 0.3 is 5.97 Å². The smallest absolute Gasteiger partial charge is 0.341 e. The zero-order valence-electron chi connectivity index (χ0n) is 10.9. The number of pyridine rings is 1. The first kappa shape index (κ1) is 16.0. The molecule has 2 rings (SSSR count). The van der Waals surface area contributed by atoms with Crippen LogP contribution in [0.4, 0.5) is 0 Å². The fourth-order valence-corrected chi connectivity index (χ4v) is 1.74. The topological polar surface area (TPSA) is 58.2 Å². The van der Waals surface area contributed by atoms with Crippen LogP contribution in [0.2, 0.25) is 0 Å². The number of hydrogen-bond acceptors (Lipinski definition) is 2. The van der Waals surface area contributed by atoms with Gasteiger partial charge in [-0.2, -0.15) is 4.57 Å². The van der Waals surface area contributed by atoms with Crippen molar-refractivity contribution in [1.82, 2.24) is 0 Å². The molecule has 104 valence electrons. The number of aryl methyl sites for hydroxylation is 1. The number of carboxylic acids is 1. The highest BCUT2D eigenvalue weighted by Crippen LogP contribution is 2.04. The predicted molar refractivity (Wildman–Crippen MR) is 69.1 cm³/mol. The number of hydrogen-bond donors (Lipinski definition) is 1. The zero-order chi connectivity index (χ0) is 13.8. The van der Waals surface area contributed by atoms with Crippen molar-refractivity contribution in [3.05, 3.63) is 65.5 Å². The van der Waals surface area contributed by atoms with Crippen LogP contribution in [0.5, 0.6) is 0 Å². The first-order valence-electron chi connectivity index (χ1n) is 5.88. The van der Waals surface area contributed by atoms with Gasteiger partial charge in [-0.1, -0.05) is 29.8 Å². The van der Waals surface area contributed by atoms with E-state index >= 15 is 0 Å². The Morgan fingerprint density at radius 3 is 2.35 bits per heavy atom. The monoisotopic (exact) mass is 335 g/mol. The zero-order valence-corrected chi connectivity index (χ0v) is 12.5. The van der Waals surface area contributed by atoms with Crippen LogP contribution in [-0.2, 0) is 6.54 Å². The van der Waals surface area contributed by atoms with E-state index in [9.17, 15) is 9.59 Å². The summed E-state index contributed by atoms with van der Waals surface area (Å²) in [6.07, 6.45) is 3.13. The van der Waals surface area contributed by atoms with Crippen LogP contribution >= 0.6 is 0 Å². The lowest BCUT2D eigenvalue weighted by atomic mass is 10.1. The third kappa shape index (κ3) is 3.99. The molecular formula is C15H14BrNO3. The Bertz CT molecular complexity index is 623. The highest BCUT2D eigenvalue weighted by molar-refractivity contribution is 5.95. The average molecular weight is 336 g/mol. The maximum atomic E-state index is 12.0. The standard InChI is InChI=1S/C15H13NO3.BrH/c1-11-4-6-12(7-5-11)14(17)10-16-8-2-3-13(9-16)15(18)19;/h2-9H,10H2,1H3;1H. The van der Waals surface area contributed by atoms with E-state index < -0.39 is 5.97 Å². The summed E-state index contributed by atoms with van der Waals surface area (Å²) < 4.78 is 1.58. The van der Waals surface area contributed by atoms with Gasteiger partial charge in [0.15, 0.2) is 12.4 Å². The van der Waals surface area contributed by atoms with Gasteiger partial charge in [-0.25, -0.2) is 4.79 Å². The van der Waals surface area contributed by atoms with E-state index in [0.717, 1.165) is 5.56 Å². The van der Waals surface area contributed by atoms with E-state index in [1.807, 2.05) is 19.1 Å². The lowest BCUT2D eigenvalue weighted by Crippen LogP contribution is -3.00. The van der Waals surface area contributed by atoms with Gasteiger partial charge in [0.2, 0.25) is 12.3 Å². The van der Waals surface area contributed by atoms with Crippen molar-refractivity contribution in [3.8, 4) is 0 Å². The van der Waals surface area contributed by atoms with Crippen molar-refractivity contribution < 1.29 is 36.2 Å². The summed E-state index contributed by atoms with van der Waals surface area (Å²) >= 11 is 0. The maximum absolute atomic E-state index is 12.0. The van der Waals surface area contributed by atoms with Crippen LogP contribution in [0.1, 0.15) is 26.3 Å². The van der Waals surface area contributed by atoms with Gasteiger partial charge in [0.05, 0.1) is 0 Å².